The molecule has 4 aliphatic carbocycles. The van der Waals surface area contributed by atoms with Crippen LogP contribution in [-0.4, -0.2) is 68.0 Å². The molecule has 4 fully saturated rings. The summed E-state index contributed by atoms with van der Waals surface area (Å²) in [4.78, 5) is 25.8. The van der Waals surface area contributed by atoms with Crippen LogP contribution in [0.25, 0.3) is 0 Å². The highest BCUT2D eigenvalue weighted by Crippen LogP contribution is 2.73. The van der Waals surface area contributed by atoms with Gasteiger partial charge in [0, 0.05) is 24.3 Å². The largest absolute Gasteiger partial charge is 0.458 e. The van der Waals surface area contributed by atoms with Gasteiger partial charge in [0.15, 0.2) is 11.6 Å². The zero-order chi connectivity index (χ0) is 26.1. The lowest BCUT2D eigenvalue weighted by atomic mass is 9.40. The van der Waals surface area contributed by atoms with E-state index in [0.717, 1.165) is 5.57 Å². The molecule has 0 radical (unpaired) electrons. The summed E-state index contributed by atoms with van der Waals surface area (Å²) in [5.41, 5.74) is -3.84. The van der Waals surface area contributed by atoms with Gasteiger partial charge >= 0.3 is 5.97 Å². The molecule has 11 atom stereocenters. The van der Waals surface area contributed by atoms with Crippen LogP contribution in [0.1, 0.15) is 66.2 Å². The number of aliphatic hydroxyl groups is 4. The quantitative estimate of drug-likeness (QED) is 0.399. The summed E-state index contributed by atoms with van der Waals surface area (Å²) in [5.74, 6) is -3.74. The Balaban J connectivity index is 1.42. The molecule has 4 N–H and O–H groups in total. The van der Waals surface area contributed by atoms with Crippen molar-refractivity contribution in [1.29, 1.82) is 0 Å². The molecule has 0 bridgehead atoms. The maximum Gasteiger partial charge on any atom is 0.333 e. The summed E-state index contributed by atoms with van der Waals surface area (Å²) in [6.45, 7) is 7.25. The SMILES string of the molecule is CC1=C(C)C(=O)O[C@@H]([C@@H]2CO[C@@]3(O)C[C@H]4[C@@H](C[C@@H](O)[C@@]5(O)CC=CC(=O)[C@]45C)[C@@H]4CC[C@]2(O)[C@]43C)C1. The molecular formula is C28H38O8. The smallest absolute Gasteiger partial charge is 0.333 e. The Morgan fingerprint density at radius 3 is 2.44 bits per heavy atom. The standard InChI is InChI=1S/C28H38O8/c1-14-10-20(36-23(31)15(14)2)19-13-35-28(34)12-18-16(17-7-9-26(19,32)25(17,28)4)11-22(30)27(33)8-5-6-21(29)24(18,27)3/h5-6,16-20,22,30,32-34H,7-13H2,1-4H3/t16-,17-,18-,19-,20+,22+,24-,25-,26+,27-,28-/m0/s1. The molecule has 3 saturated carbocycles. The number of hydrogen-bond donors (Lipinski definition) is 4. The number of carbonyl (C=O) groups is 2. The van der Waals surface area contributed by atoms with Gasteiger partial charge in [-0.1, -0.05) is 18.6 Å². The second-order valence-electron chi connectivity index (χ2n) is 12.9. The lowest BCUT2D eigenvalue weighted by molar-refractivity contribution is -0.402. The number of ether oxygens (including phenoxy) is 2. The van der Waals surface area contributed by atoms with Gasteiger partial charge in [0.25, 0.3) is 0 Å². The molecule has 8 nitrogen and oxygen atoms in total. The van der Waals surface area contributed by atoms with E-state index in [-0.39, 0.29) is 49.5 Å². The molecule has 0 amide bonds. The van der Waals surface area contributed by atoms with Crippen molar-refractivity contribution in [2.45, 2.75) is 95.4 Å². The first kappa shape index (κ1) is 24.7. The van der Waals surface area contributed by atoms with Gasteiger partial charge in [-0.25, -0.2) is 4.79 Å². The third-order valence-corrected chi connectivity index (χ3v) is 12.0. The van der Waals surface area contributed by atoms with Crippen molar-refractivity contribution in [1.82, 2.24) is 0 Å². The molecule has 0 aromatic carbocycles. The Morgan fingerprint density at radius 1 is 1.03 bits per heavy atom. The third kappa shape index (κ3) is 2.58. The molecule has 0 spiro atoms. The van der Waals surface area contributed by atoms with Crippen molar-refractivity contribution in [2.24, 2.45) is 34.5 Å². The predicted octanol–water partition coefficient (Wildman–Crippen LogP) is 1.79. The molecule has 198 valence electrons. The summed E-state index contributed by atoms with van der Waals surface area (Å²) in [6.07, 6.45) is 3.46. The first-order chi connectivity index (χ1) is 16.7. The van der Waals surface area contributed by atoms with Crippen LogP contribution >= 0.6 is 0 Å². The molecule has 2 aliphatic heterocycles. The van der Waals surface area contributed by atoms with Crippen LogP contribution in [-0.2, 0) is 19.1 Å². The number of allylic oxidation sites excluding steroid dienone is 1. The van der Waals surface area contributed by atoms with E-state index in [1.54, 1.807) is 19.9 Å². The third-order valence-electron chi connectivity index (χ3n) is 12.0. The van der Waals surface area contributed by atoms with Crippen molar-refractivity contribution in [3.05, 3.63) is 23.3 Å². The fourth-order valence-electron chi connectivity index (χ4n) is 9.48. The Hall–Kier alpha value is -1.58. The summed E-state index contributed by atoms with van der Waals surface area (Å²) in [7, 11) is 0. The van der Waals surface area contributed by atoms with Crippen molar-refractivity contribution in [3.63, 3.8) is 0 Å². The van der Waals surface area contributed by atoms with Crippen LogP contribution in [0.4, 0.5) is 0 Å². The van der Waals surface area contributed by atoms with Gasteiger partial charge in [0.05, 0.1) is 29.1 Å². The van der Waals surface area contributed by atoms with Crippen molar-refractivity contribution in [2.75, 3.05) is 6.61 Å². The van der Waals surface area contributed by atoms with Crippen LogP contribution < -0.4 is 0 Å². The Bertz CT molecular complexity index is 1100. The second-order valence-corrected chi connectivity index (χ2v) is 12.9. The molecule has 8 heteroatoms. The lowest BCUT2D eigenvalue weighted by Crippen LogP contribution is -2.77. The Kier molecular flexibility index (Phi) is 5.01. The maximum atomic E-state index is 13.3. The summed E-state index contributed by atoms with van der Waals surface area (Å²) in [5, 5.41) is 47.4. The molecule has 6 aliphatic rings. The minimum Gasteiger partial charge on any atom is -0.458 e. The monoisotopic (exact) mass is 502 g/mol. The van der Waals surface area contributed by atoms with Gasteiger partial charge in [-0.05, 0) is 70.3 Å². The number of carbonyl (C=O) groups excluding carboxylic acids is 2. The average molecular weight is 503 g/mol. The normalized spacial score (nSPS) is 56.1. The number of aliphatic hydroxyl groups excluding tert-OH is 1. The van der Waals surface area contributed by atoms with Crippen LogP contribution in [0.15, 0.2) is 23.3 Å². The first-order valence-corrected chi connectivity index (χ1v) is 13.3. The molecule has 0 unspecified atom stereocenters. The molecule has 0 aromatic rings. The van der Waals surface area contributed by atoms with Crippen LogP contribution in [0.3, 0.4) is 0 Å². The van der Waals surface area contributed by atoms with E-state index < -0.39 is 51.9 Å². The number of cyclic esters (lactones) is 1. The zero-order valence-electron chi connectivity index (χ0n) is 21.5. The minimum atomic E-state index is -1.73. The van der Waals surface area contributed by atoms with Gasteiger partial charge < -0.3 is 29.9 Å². The van der Waals surface area contributed by atoms with E-state index in [1.165, 1.54) is 6.08 Å². The summed E-state index contributed by atoms with van der Waals surface area (Å²) < 4.78 is 12.0. The molecular weight excluding hydrogens is 464 g/mol. The van der Waals surface area contributed by atoms with E-state index in [1.807, 2.05) is 13.8 Å². The van der Waals surface area contributed by atoms with E-state index in [2.05, 4.69) is 0 Å². The Labute approximate surface area is 211 Å². The summed E-state index contributed by atoms with van der Waals surface area (Å²) >= 11 is 0. The second kappa shape index (κ2) is 7.29. The maximum absolute atomic E-state index is 13.3. The Morgan fingerprint density at radius 2 is 1.75 bits per heavy atom. The van der Waals surface area contributed by atoms with Crippen molar-refractivity contribution >= 4 is 11.8 Å². The van der Waals surface area contributed by atoms with E-state index in [4.69, 9.17) is 9.47 Å². The molecule has 1 saturated heterocycles. The van der Waals surface area contributed by atoms with Gasteiger partial charge in [-0.3, -0.25) is 4.79 Å². The lowest BCUT2D eigenvalue weighted by Gasteiger charge is -2.69. The molecule has 6 rings (SSSR count). The van der Waals surface area contributed by atoms with Crippen molar-refractivity contribution < 1.29 is 39.5 Å². The molecule has 36 heavy (non-hydrogen) atoms. The van der Waals surface area contributed by atoms with E-state index in [0.29, 0.717) is 24.8 Å². The number of ketones is 1. The van der Waals surface area contributed by atoms with Gasteiger partial charge in [-0.2, -0.15) is 0 Å². The summed E-state index contributed by atoms with van der Waals surface area (Å²) in [6, 6.07) is 0. The van der Waals surface area contributed by atoms with Gasteiger partial charge in [-0.15, -0.1) is 0 Å². The fraction of sp³-hybridized carbons (Fsp3) is 0.786. The molecule has 2 heterocycles. The predicted molar refractivity (Wildman–Crippen MR) is 127 cm³/mol. The topological polar surface area (TPSA) is 134 Å². The van der Waals surface area contributed by atoms with Crippen LogP contribution in [0.2, 0.25) is 0 Å². The average Bonchev–Trinajstić information content (AvgIpc) is 3.09. The number of rotatable bonds is 1. The first-order valence-electron chi connectivity index (χ1n) is 13.3. The zero-order valence-corrected chi connectivity index (χ0v) is 21.5. The van der Waals surface area contributed by atoms with E-state index in [9.17, 15) is 30.0 Å². The van der Waals surface area contributed by atoms with Gasteiger partial charge in [0.2, 0.25) is 0 Å². The highest BCUT2D eigenvalue weighted by molar-refractivity contribution is 5.97. The number of esters is 1. The highest BCUT2D eigenvalue weighted by atomic mass is 16.6. The number of fused-ring (bicyclic) bond motifs is 4. The van der Waals surface area contributed by atoms with Crippen LogP contribution in [0.5, 0.6) is 0 Å². The van der Waals surface area contributed by atoms with Crippen LogP contribution in [0, 0.1) is 34.5 Å². The highest BCUT2D eigenvalue weighted by Gasteiger charge is 2.80. The minimum absolute atomic E-state index is 0.0222. The fourth-order valence-corrected chi connectivity index (χ4v) is 9.48. The van der Waals surface area contributed by atoms with E-state index >= 15 is 0 Å². The van der Waals surface area contributed by atoms with Gasteiger partial charge in [0.1, 0.15) is 11.7 Å². The molecule has 0 aromatic heterocycles. The van der Waals surface area contributed by atoms with Crippen molar-refractivity contribution in [3.8, 4) is 0 Å². The number of hydrogen-bond acceptors (Lipinski definition) is 8.